The molecule has 0 aliphatic carbocycles. The van der Waals surface area contributed by atoms with Gasteiger partial charge in [-0.1, -0.05) is 13.8 Å². The number of halogens is 1. The maximum atomic E-state index is 10.2. The fourth-order valence-electron chi connectivity index (χ4n) is 2.21. The summed E-state index contributed by atoms with van der Waals surface area (Å²) in [7, 11) is 0. The second-order valence-electron chi connectivity index (χ2n) is 5.14. The van der Waals surface area contributed by atoms with E-state index in [2.05, 4.69) is 21.2 Å². The molecule has 0 amide bonds. The number of fused-ring (bicyclic) bond motifs is 1. The number of hydrogen-bond donors (Lipinski definition) is 2. The predicted octanol–water partition coefficient (Wildman–Crippen LogP) is 2.86. The molecule has 0 saturated heterocycles. The number of aliphatic hydroxyl groups is 1. The van der Waals surface area contributed by atoms with Crippen LogP contribution in [0.2, 0.25) is 0 Å². The van der Waals surface area contributed by atoms with E-state index in [1.165, 1.54) is 0 Å². The topological polar surface area (TPSA) is 50.7 Å². The minimum absolute atomic E-state index is 0.585. The van der Waals surface area contributed by atoms with Gasteiger partial charge in [0.1, 0.15) is 13.2 Å². The first-order chi connectivity index (χ1) is 9.58. The quantitative estimate of drug-likeness (QED) is 0.833. The van der Waals surface area contributed by atoms with Crippen LogP contribution in [-0.4, -0.2) is 30.5 Å². The molecule has 1 aromatic rings. The summed E-state index contributed by atoms with van der Waals surface area (Å²) in [6.45, 7) is 6.46. The number of hydrogen-bond acceptors (Lipinski definition) is 4. The lowest BCUT2D eigenvalue weighted by atomic mass is 9.97. The van der Waals surface area contributed by atoms with Gasteiger partial charge in [-0.2, -0.15) is 0 Å². The van der Waals surface area contributed by atoms with Gasteiger partial charge in [-0.25, -0.2) is 0 Å². The Balaban J connectivity index is 1.98. The predicted molar refractivity (Wildman–Crippen MR) is 82.4 cm³/mol. The third kappa shape index (κ3) is 3.65. The smallest absolute Gasteiger partial charge is 0.175 e. The van der Waals surface area contributed by atoms with E-state index in [0.717, 1.165) is 34.4 Å². The van der Waals surface area contributed by atoms with Crippen molar-refractivity contribution in [3.05, 3.63) is 22.2 Å². The Bertz CT molecular complexity index is 461. The Kier molecular flexibility index (Phi) is 5.29. The molecule has 5 heteroatoms. The van der Waals surface area contributed by atoms with Crippen LogP contribution in [0.3, 0.4) is 0 Å². The molecule has 0 radical (unpaired) electrons. The molecule has 0 saturated carbocycles. The second-order valence-corrected chi connectivity index (χ2v) is 5.99. The molecule has 112 valence electrons. The monoisotopic (exact) mass is 343 g/mol. The number of nitrogens with one attached hydrogen (secondary N) is 1. The van der Waals surface area contributed by atoms with Crippen molar-refractivity contribution in [2.45, 2.75) is 38.8 Å². The van der Waals surface area contributed by atoms with Crippen molar-refractivity contribution in [1.29, 1.82) is 0 Å². The zero-order valence-corrected chi connectivity index (χ0v) is 13.6. The van der Waals surface area contributed by atoms with E-state index < -0.39 is 5.60 Å². The van der Waals surface area contributed by atoms with Crippen molar-refractivity contribution in [2.24, 2.45) is 0 Å². The summed E-state index contributed by atoms with van der Waals surface area (Å²) in [6, 6.07) is 4.01. The molecular formula is C15H22BrNO3. The lowest BCUT2D eigenvalue weighted by Crippen LogP contribution is -2.39. The summed E-state index contributed by atoms with van der Waals surface area (Å²) in [5, 5.41) is 13.5. The normalized spacial score (nSPS) is 14.4. The highest BCUT2D eigenvalue weighted by molar-refractivity contribution is 9.10. The van der Waals surface area contributed by atoms with E-state index >= 15 is 0 Å². The SMILES string of the molecule is CCC(O)(CC)CNCc1cc(Br)c2c(c1)OCCO2. The van der Waals surface area contributed by atoms with Crippen LogP contribution < -0.4 is 14.8 Å². The lowest BCUT2D eigenvalue weighted by molar-refractivity contribution is 0.0323. The number of ether oxygens (including phenoxy) is 2. The Labute approximate surface area is 128 Å². The van der Waals surface area contributed by atoms with Crippen LogP contribution in [0.5, 0.6) is 11.5 Å². The van der Waals surface area contributed by atoms with Crippen LogP contribution in [0.15, 0.2) is 16.6 Å². The first-order valence-electron chi connectivity index (χ1n) is 7.09. The molecule has 1 heterocycles. The molecule has 20 heavy (non-hydrogen) atoms. The summed E-state index contributed by atoms with van der Waals surface area (Å²) < 4.78 is 12.1. The van der Waals surface area contributed by atoms with Crippen molar-refractivity contribution in [3.63, 3.8) is 0 Å². The van der Waals surface area contributed by atoms with Crippen LogP contribution in [0.1, 0.15) is 32.3 Å². The molecule has 0 fully saturated rings. The maximum Gasteiger partial charge on any atom is 0.175 e. The molecular weight excluding hydrogens is 322 g/mol. The Morgan fingerprint density at radius 1 is 1.25 bits per heavy atom. The lowest BCUT2D eigenvalue weighted by Gasteiger charge is -2.26. The van der Waals surface area contributed by atoms with Gasteiger partial charge >= 0.3 is 0 Å². The van der Waals surface area contributed by atoms with Crippen LogP contribution in [0.4, 0.5) is 0 Å². The minimum Gasteiger partial charge on any atom is -0.486 e. The Hall–Kier alpha value is -0.780. The molecule has 0 bridgehead atoms. The third-order valence-electron chi connectivity index (χ3n) is 3.76. The minimum atomic E-state index is -0.620. The molecule has 2 rings (SSSR count). The highest BCUT2D eigenvalue weighted by Crippen LogP contribution is 2.38. The maximum absolute atomic E-state index is 10.2. The fourth-order valence-corrected chi connectivity index (χ4v) is 2.81. The van der Waals surface area contributed by atoms with Gasteiger partial charge in [-0.05, 0) is 46.5 Å². The highest BCUT2D eigenvalue weighted by Gasteiger charge is 2.21. The van der Waals surface area contributed by atoms with Gasteiger partial charge < -0.3 is 19.9 Å². The van der Waals surface area contributed by atoms with Gasteiger partial charge in [-0.3, -0.25) is 0 Å². The molecule has 0 aromatic heterocycles. The second kappa shape index (κ2) is 6.78. The van der Waals surface area contributed by atoms with Crippen LogP contribution in [0, 0.1) is 0 Å². The van der Waals surface area contributed by atoms with E-state index in [-0.39, 0.29) is 0 Å². The van der Waals surface area contributed by atoms with E-state index in [1.807, 2.05) is 26.0 Å². The Morgan fingerprint density at radius 2 is 1.95 bits per heavy atom. The summed E-state index contributed by atoms with van der Waals surface area (Å²) in [5.41, 5.74) is 0.487. The third-order valence-corrected chi connectivity index (χ3v) is 4.35. The van der Waals surface area contributed by atoms with Gasteiger partial charge in [0.2, 0.25) is 0 Å². The summed E-state index contributed by atoms with van der Waals surface area (Å²) in [6.07, 6.45) is 1.50. The van der Waals surface area contributed by atoms with Gasteiger partial charge in [0.25, 0.3) is 0 Å². The first-order valence-corrected chi connectivity index (χ1v) is 7.88. The molecule has 1 aliphatic heterocycles. The average molecular weight is 344 g/mol. The van der Waals surface area contributed by atoms with Gasteiger partial charge in [-0.15, -0.1) is 0 Å². The summed E-state index contributed by atoms with van der Waals surface area (Å²) in [4.78, 5) is 0. The highest BCUT2D eigenvalue weighted by atomic mass is 79.9. The standard InChI is InChI=1S/C15H22BrNO3/c1-3-15(18,4-2)10-17-9-11-7-12(16)14-13(8-11)19-5-6-20-14/h7-8,17-18H,3-6,9-10H2,1-2H3. The number of rotatable bonds is 6. The van der Waals surface area contributed by atoms with E-state index in [4.69, 9.17) is 9.47 Å². The number of benzene rings is 1. The van der Waals surface area contributed by atoms with Gasteiger partial charge in [0, 0.05) is 13.1 Å². The first kappa shape index (κ1) is 15.6. The van der Waals surface area contributed by atoms with Crippen molar-refractivity contribution in [3.8, 4) is 11.5 Å². The van der Waals surface area contributed by atoms with Crippen LogP contribution in [0.25, 0.3) is 0 Å². The van der Waals surface area contributed by atoms with Crippen molar-refractivity contribution >= 4 is 15.9 Å². The molecule has 1 aliphatic rings. The van der Waals surface area contributed by atoms with Crippen molar-refractivity contribution in [1.82, 2.24) is 5.32 Å². The zero-order valence-electron chi connectivity index (χ0n) is 12.0. The van der Waals surface area contributed by atoms with Gasteiger partial charge in [0.05, 0.1) is 10.1 Å². The molecule has 0 spiro atoms. The van der Waals surface area contributed by atoms with Crippen LogP contribution in [-0.2, 0) is 6.54 Å². The van der Waals surface area contributed by atoms with E-state index in [1.54, 1.807) is 0 Å². The van der Waals surface area contributed by atoms with Crippen LogP contribution >= 0.6 is 15.9 Å². The molecule has 0 unspecified atom stereocenters. The molecule has 1 aromatic carbocycles. The zero-order chi connectivity index (χ0) is 14.6. The molecule has 4 nitrogen and oxygen atoms in total. The van der Waals surface area contributed by atoms with E-state index in [0.29, 0.717) is 26.3 Å². The van der Waals surface area contributed by atoms with Crippen molar-refractivity contribution in [2.75, 3.05) is 19.8 Å². The summed E-state index contributed by atoms with van der Waals surface area (Å²) in [5.74, 6) is 1.56. The van der Waals surface area contributed by atoms with Gasteiger partial charge in [0.15, 0.2) is 11.5 Å². The Morgan fingerprint density at radius 3 is 2.65 bits per heavy atom. The molecule has 2 N–H and O–H groups in total. The molecule has 0 atom stereocenters. The fraction of sp³-hybridized carbons (Fsp3) is 0.600. The average Bonchev–Trinajstić information content (AvgIpc) is 2.47. The largest absolute Gasteiger partial charge is 0.486 e. The summed E-state index contributed by atoms with van der Waals surface area (Å²) >= 11 is 3.51. The van der Waals surface area contributed by atoms with E-state index in [9.17, 15) is 5.11 Å². The van der Waals surface area contributed by atoms with Crippen molar-refractivity contribution < 1.29 is 14.6 Å².